The van der Waals surface area contributed by atoms with Gasteiger partial charge in [0.2, 0.25) is 0 Å². The third-order valence-corrected chi connectivity index (χ3v) is 7.38. The van der Waals surface area contributed by atoms with Gasteiger partial charge in [-0.2, -0.15) is 0 Å². The number of pyridine rings is 1. The molecule has 3 aromatic rings. The van der Waals surface area contributed by atoms with Crippen LogP contribution in [0.25, 0.3) is 11.3 Å². The number of alkyl halides is 1. The first-order valence-corrected chi connectivity index (χ1v) is 11.8. The predicted molar refractivity (Wildman–Crippen MR) is 132 cm³/mol. The van der Waals surface area contributed by atoms with Crippen LogP contribution in [0.1, 0.15) is 69.6 Å². The van der Waals surface area contributed by atoms with E-state index < -0.39 is 0 Å². The Bertz CT molecular complexity index is 994. The van der Waals surface area contributed by atoms with Gasteiger partial charge in [0.15, 0.2) is 0 Å². The minimum absolute atomic E-state index is 0.0410. The SMILES string of the molecule is CC(C)(C)c1nccc(-c2cncc(C(C)(I)Cc3ccc(C(C)(C)C)s3)c2)n1. The van der Waals surface area contributed by atoms with Gasteiger partial charge in [-0.3, -0.25) is 4.98 Å². The van der Waals surface area contributed by atoms with Gasteiger partial charge in [-0.05, 0) is 42.2 Å². The van der Waals surface area contributed by atoms with Crippen LogP contribution in [0.2, 0.25) is 0 Å². The number of thiophene rings is 1. The molecule has 5 heteroatoms. The Morgan fingerprint density at radius 1 is 0.931 bits per heavy atom. The lowest BCUT2D eigenvalue weighted by Crippen LogP contribution is -2.17. The van der Waals surface area contributed by atoms with E-state index >= 15 is 0 Å². The minimum atomic E-state index is -0.0806. The van der Waals surface area contributed by atoms with Gasteiger partial charge in [0.05, 0.1) is 9.12 Å². The maximum absolute atomic E-state index is 4.80. The molecular weight excluding hydrogens is 489 g/mol. The van der Waals surface area contributed by atoms with Crippen LogP contribution >= 0.6 is 33.9 Å². The second-order valence-electron chi connectivity index (χ2n) is 9.87. The van der Waals surface area contributed by atoms with Crippen LogP contribution in [0.15, 0.2) is 42.9 Å². The highest BCUT2D eigenvalue weighted by molar-refractivity contribution is 14.1. The van der Waals surface area contributed by atoms with Crippen molar-refractivity contribution in [2.45, 2.75) is 69.1 Å². The van der Waals surface area contributed by atoms with Crippen molar-refractivity contribution in [2.75, 3.05) is 0 Å². The lowest BCUT2D eigenvalue weighted by molar-refractivity contribution is 0.546. The molecule has 0 saturated heterocycles. The normalized spacial score (nSPS) is 14.6. The summed E-state index contributed by atoms with van der Waals surface area (Å²) in [5.74, 6) is 0.853. The van der Waals surface area contributed by atoms with Crippen molar-refractivity contribution in [2.24, 2.45) is 0 Å². The molecule has 0 N–H and O–H groups in total. The first kappa shape index (κ1) is 22.3. The van der Waals surface area contributed by atoms with Crippen molar-refractivity contribution in [1.29, 1.82) is 0 Å². The van der Waals surface area contributed by atoms with Crippen LogP contribution in [-0.2, 0) is 20.7 Å². The molecule has 154 valence electrons. The fourth-order valence-electron chi connectivity index (χ4n) is 3.05. The summed E-state index contributed by atoms with van der Waals surface area (Å²) in [5, 5.41) is 0. The third-order valence-electron chi connectivity index (χ3n) is 4.87. The number of nitrogens with zero attached hydrogens (tertiary/aromatic N) is 3. The topological polar surface area (TPSA) is 38.7 Å². The molecule has 3 aromatic heterocycles. The largest absolute Gasteiger partial charge is 0.264 e. The predicted octanol–water partition coefficient (Wildman–Crippen LogP) is 7.09. The highest BCUT2D eigenvalue weighted by Crippen LogP contribution is 2.39. The molecule has 3 rings (SSSR count). The number of hydrogen-bond donors (Lipinski definition) is 0. The highest BCUT2D eigenvalue weighted by Gasteiger charge is 2.26. The second-order valence-corrected chi connectivity index (χ2v) is 13.4. The van der Waals surface area contributed by atoms with E-state index in [1.807, 2.05) is 36.0 Å². The Morgan fingerprint density at radius 2 is 1.66 bits per heavy atom. The number of aromatic nitrogens is 3. The van der Waals surface area contributed by atoms with Gasteiger partial charge in [0.25, 0.3) is 0 Å². The Morgan fingerprint density at radius 3 is 2.28 bits per heavy atom. The van der Waals surface area contributed by atoms with Crippen LogP contribution in [0.5, 0.6) is 0 Å². The van der Waals surface area contributed by atoms with Crippen molar-refractivity contribution in [3.05, 3.63) is 64.0 Å². The molecule has 0 aliphatic rings. The van der Waals surface area contributed by atoms with E-state index in [1.54, 1.807) is 0 Å². The molecule has 0 bridgehead atoms. The fraction of sp³-hybridized carbons (Fsp3) is 0.458. The second kappa shape index (κ2) is 8.06. The average Bonchev–Trinajstić information content (AvgIpc) is 3.09. The zero-order valence-electron chi connectivity index (χ0n) is 18.4. The number of hydrogen-bond acceptors (Lipinski definition) is 4. The van der Waals surface area contributed by atoms with E-state index in [0.717, 1.165) is 23.5 Å². The molecule has 29 heavy (non-hydrogen) atoms. The molecular formula is C24H30IN3S. The van der Waals surface area contributed by atoms with Crippen molar-refractivity contribution >= 4 is 33.9 Å². The van der Waals surface area contributed by atoms with Crippen molar-refractivity contribution < 1.29 is 0 Å². The van der Waals surface area contributed by atoms with E-state index in [0.29, 0.717) is 0 Å². The van der Waals surface area contributed by atoms with E-state index in [-0.39, 0.29) is 14.3 Å². The summed E-state index contributed by atoms with van der Waals surface area (Å²) in [6.45, 7) is 15.5. The molecule has 0 aromatic carbocycles. The van der Waals surface area contributed by atoms with Crippen molar-refractivity contribution in [3.63, 3.8) is 0 Å². The summed E-state index contributed by atoms with van der Waals surface area (Å²) in [6.07, 6.45) is 6.71. The maximum atomic E-state index is 4.80. The molecule has 0 saturated carbocycles. The van der Waals surface area contributed by atoms with Gasteiger partial charge in [-0.1, -0.05) is 64.1 Å². The first-order valence-electron chi connectivity index (χ1n) is 9.94. The summed E-state index contributed by atoms with van der Waals surface area (Å²) >= 11 is 4.49. The summed E-state index contributed by atoms with van der Waals surface area (Å²) < 4.78 is -0.0410. The molecule has 0 radical (unpaired) electrons. The number of halogens is 1. The van der Waals surface area contributed by atoms with Gasteiger partial charge in [0, 0.05) is 45.7 Å². The van der Waals surface area contributed by atoms with Crippen LogP contribution < -0.4 is 0 Å². The van der Waals surface area contributed by atoms with Crippen LogP contribution in [-0.4, -0.2) is 15.0 Å². The van der Waals surface area contributed by atoms with E-state index in [4.69, 9.17) is 4.98 Å². The monoisotopic (exact) mass is 519 g/mol. The Labute approximate surface area is 192 Å². The van der Waals surface area contributed by atoms with E-state index in [1.165, 1.54) is 15.3 Å². The van der Waals surface area contributed by atoms with E-state index in [9.17, 15) is 0 Å². The molecule has 1 unspecified atom stereocenters. The van der Waals surface area contributed by atoms with Crippen molar-refractivity contribution in [1.82, 2.24) is 15.0 Å². The van der Waals surface area contributed by atoms with Crippen LogP contribution in [0.4, 0.5) is 0 Å². The van der Waals surface area contributed by atoms with Crippen LogP contribution in [0, 0.1) is 0 Å². The fourth-order valence-corrected chi connectivity index (χ4v) is 5.24. The lowest BCUT2D eigenvalue weighted by Gasteiger charge is -2.23. The summed E-state index contributed by atoms with van der Waals surface area (Å²) in [4.78, 5) is 16.6. The smallest absolute Gasteiger partial charge is 0.134 e. The Balaban J connectivity index is 1.89. The highest BCUT2D eigenvalue weighted by atomic mass is 127. The van der Waals surface area contributed by atoms with Crippen molar-refractivity contribution in [3.8, 4) is 11.3 Å². The molecule has 0 amide bonds. The molecule has 0 fully saturated rings. The summed E-state index contributed by atoms with van der Waals surface area (Å²) in [6, 6.07) is 8.75. The Hall–Kier alpha value is -1.34. The molecule has 3 nitrogen and oxygen atoms in total. The van der Waals surface area contributed by atoms with Gasteiger partial charge < -0.3 is 0 Å². The summed E-state index contributed by atoms with van der Waals surface area (Å²) in [7, 11) is 0. The third kappa shape index (κ3) is 5.43. The quantitative estimate of drug-likeness (QED) is 0.273. The minimum Gasteiger partial charge on any atom is -0.264 e. The average molecular weight is 519 g/mol. The zero-order valence-corrected chi connectivity index (χ0v) is 21.4. The Kier molecular flexibility index (Phi) is 6.21. The first-order chi connectivity index (χ1) is 13.4. The molecule has 0 aliphatic carbocycles. The van der Waals surface area contributed by atoms with Gasteiger partial charge in [-0.15, -0.1) is 11.3 Å². The van der Waals surface area contributed by atoms with Crippen LogP contribution in [0.3, 0.4) is 0 Å². The molecule has 0 aliphatic heterocycles. The molecule has 0 spiro atoms. The van der Waals surface area contributed by atoms with E-state index in [2.05, 4.69) is 99.2 Å². The maximum Gasteiger partial charge on any atom is 0.134 e. The molecule has 1 atom stereocenters. The number of rotatable bonds is 4. The zero-order chi connectivity index (χ0) is 21.4. The lowest BCUT2D eigenvalue weighted by atomic mass is 9.94. The van der Waals surface area contributed by atoms with Gasteiger partial charge >= 0.3 is 0 Å². The molecule has 3 heterocycles. The van der Waals surface area contributed by atoms with Gasteiger partial charge in [-0.25, -0.2) is 9.97 Å². The van der Waals surface area contributed by atoms with Gasteiger partial charge in [0.1, 0.15) is 5.82 Å². The standard InChI is InChI=1S/C24H30IN3S/c1-22(2,3)20-9-8-18(29-20)13-24(7,25)17-12-16(14-26-15-17)19-10-11-27-21(28-19)23(4,5)6/h8-12,14-15H,13H2,1-7H3. The summed E-state index contributed by atoms with van der Waals surface area (Å²) in [5.41, 5.74) is 3.31.